The Labute approximate surface area is 216 Å². The fourth-order valence-electron chi connectivity index (χ4n) is 3.51. The fourth-order valence-corrected chi connectivity index (χ4v) is 3.90. The van der Waals surface area contributed by atoms with Crippen LogP contribution in [0, 0.1) is 10.1 Å². The molecule has 0 atom stereocenters. The van der Waals surface area contributed by atoms with Crippen molar-refractivity contribution in [3.05, 3.63) is 127 Å². The number of carbonyl (C=O) groups is 1. The molecule has 4 aromatic carbocycles. The van der Waals surface area contributed by atoms with Gasteiger partial charge < -0.3 is 10.4 Å². The first-order valence-electron chi connectivity index (χ1n) is 10.7. The highest BCUT2D eigenvalue weighted by molar-refractivity contribution is 6.31. The Morgan fingerprint density at radius 3 is 2.44 bits per heavy atom. The van der Waals surface area contributed by atoms with Crippen molar-refractivity contribution < 1.29 is 14.8 Å². The quantitative estimate of drug-likeness (QED) is 0.153. The van der Waals surface area contributed by atoms with Gasteiger partial charge in [-0.15, -0.1) is 0 Å². The molecule has 0 aromatic heterocycles. The number of phenolic OH excluding ortho intramolecular Hbond substituents is 1. The number of amides is 1. The van der Waals surface area contributed by atoms with Crippen LogP contribution in [0.3, 0.4) is 0 Å². The van der Waals surface area contributed by atoms with Crippen LogP contribution in [0.4, 0.5) is 17.1 Å². The van der Waals surface area contributed by atoms with E-state index < -0.39 is 16.4 Å². The monoisotopic (exact) mass is 519 g/mol. The highest BCUT2D eigenvalue weighted by atomic mass is 35.5. The molecule has 0 fully saturated rings. The number of rotatable bonds is 7. The van der Waals surface area contributed by atoms with Gasteiger partial charge in [0, 0.05) is 39.1 Å². The number of anilines is 1. The molecule has 7 nitrogen and oxygen atoms in total. The number of nitrogens with zero attached hydrogens (tertiary/aromatic N) is 2. The summed E-state index contributed by atoms with van der Waals surface area (Å²) in [5, 5.41) is 25.7. The zero-order valence-corrected chi connectivity index (χ0v) is 20.2. The molecule has 0 bridgehead atoms. The van der Waals surface area contributed by atoms with Crippen molar-refractivity contribution in [2.24, 2.45) is 4.99 Å². The molecule has 180 valence electrons. The average molecular weight is 520 g/mol. The lowest BCUT2D eigenvalue weighted by Gasteiger charge is -2.08. The minimum absolute atomic E-state index is 0.199. The Bertz CT molecular complexity index is 1470. The van der Waals surface area contributed by atoms with Gasteiger partial charge in [0.25, 0.3) is 5.91 Å². The molecule has 0 aliphatic carbocycles. The molecule has 0 spiro atoms. The lowest BCUT2D eigenvalue weighted by Crippen LogP contribution is -2.11. The van der Waals surface area contributed by atoms with Gasteiger partial charge in [-0.25, -0.2) is 0 Å². The van der Waals surface area contributed by atoms with Crippen LogP contribution in [0.25, 0.3) is 0 Å². The minimum atomic E-state index is -0.639. The summed E-state index contributed by atoms with van der Waals surface area (Å²) in [6.07, 6.45) is 1.71. The van der Waals surface area contributed by atoms with Crippen LogP contribution in [-0.2, 0) is 6.42 Å². The van der Waals surface area contributed by atoms with E-state index in [0.717, 1.165) is 5.56 Å². The molecule has 0 aliphatic rings. The van der Waals surface area contributed by atoms with E-state index in [1.807, 2.05) is 12.1 Å². The summed E-state index contributed by atoms with van der Waals surface area (Å²) in [6, 6.07) is 23.5. The first-order chi connectivity index (χ1) is 17.3. The maximum absolute atomic E-state index is 12.4. The van der Waals surface area contributed by atoms with Crippen LogP contribution in [0.5, 0.6) is 5.75 Å². The Kier molecular flexibility index (Phi) is 7.63. The lowest BCUT2D eigenvalue weighted by atomic mass is 10.0. The highest BCUT2D eigenvalue weighted by Crippen LogP contribution is 2.32. The van der Waals surface area contributed by atoms with Crippen molar-refractivity contribution in [2.75, 3.05) is 5.32 Å². The molecule has 4 rings (SSSR count). The standard InChI is InChI=1S/C27H19Cl2N3O4/c28-21-6-3-5-19(15-21)27(34)31-23-10-8-22(9-11-23)30-16-20-13-17(14-25(26(20)33)32(35)36)12-18-4-1-2-7-24(18)29/h1-11,13-16,33H,12H2,(H,31,34). The molecule has 9 heteroatoms. The third kappa shape index (κ3) is 6.07. The summed E-state index contributed by atoms with van der Waals surface area (Å²) in [5.74, 6) is -0.779. The molecule has 0 saturated carbocycles. The Hall–Kier alpha value is -4.20. The number of nitro benzene ring substituents is 1. The van der Waals surface area contributed by atoms with Crippen molar-refractivity contribution in [3.63, 3.8) is 0 Å². The third-order valence-electron chi connectivity index (χ3n) is 5.29. The van der Waals surface area contributed by atoms with E-state index in [4.69, 9.17) is 23.2 Å². The van der Waals surface area contributed by atoms with Crippen molar-refractivity contribution in [1.29, 1.82) is 0 Å². The summed E-state index contributed by atoms with van der Waals surface area (Å²) < 4.78 is 0. The van der Waals surface area contributed by atoms with Crippen LogP contribution in [0.1, 0.15) is 27.0 Å². The van der Waals surface area contributed by atoms with Crippen molar-refractivity contribution >= 4 is 52.4 Å². The van der Waals surface area contributed by atoms with Gasteiger partial charge in [-0.2, -0.15) is 0 Å². The largest absolute Gasteiger partial charge is 0.502 e. The van der Waals surface area contributed by atoms with Gasteiger partial charge in [0.1, 0.15) is 0 Å². The summed E-state index contributed by atoms with van der Waals surface area (Å²) in [7, 11) is 0. The van der Waals surface area contributed by atoms with Crippen molar-refractivity contribution in [2.45, 2.75) is 6.42 Å². The topological polar surface area (TPSA) is 105 Å². The molecule has 0 radical (unpaired) electrons. The lowest BCUT2D eigenvalue weighted by molar-refractivity contribution is -0.385. The second-order valence-corrected chi connectivity index (χ2v) is 8.69. The Balaban J connectivity index is 1.54. The van der Waals surface area contributed by atoms with Gasteiger partial charge in [-0.1, -0.05) is 47.5 Å². The van der Waals surface area contributed by atoms with Crippen LogP contribution in [-0.4, -0.2) is 22.2 Å². The maximum Gasteiger partial charge on any atom is 0.311 e. The van der Waals surface area contributed by atoms with Gasteiger partial charge >= 0.3 is 5.69 Å². The van der Waals surface area contributed by atoms with Gasteiger partial charge in [0.2, 0.25) is 5.75 Å². The number of aliphatic imine (C=N–C) groups is 1. The van der Waals surface area contributed by atoms with Crippen LogP contribution >= 0.6 is 23.2 Å². The number of nitro groups is 1. The molecule has 36 heavy (non-hydrogen) atoms. The molecule has 0 saturated heterocycles. The van der Waals surface area contributed by atoms with Gasteiger partial charge in [-0.05, 0) is 72.1 Å². The first-order valence-corrected chi connectivity index (χ1v) is 11.5. The second-order valence-electron chi connectivity index (χ2n) is 7.85. The highest BCUT2D eigenvalue weighted by Gasteiger charge is 2.19. The van der Waals surface area contributed by atoms with Crippen LogP contribution < -0.4 is 5.32 Å². The normalized spacial score (nSPS) is 10.9. The van der Waals surface area contributed by atoms with E-state index in [0.29, 0.717) is 39.0 Å². The number of halogens is 2. The maximum atomic E-state index is 12.4. The average Bonchev–Trinajstić information content (AvgIpc) is 2.86. The van der Waals surface area contributed by atoms with E-state index >= 15 is 0 Å². The first kappa shape index (κ1) is 24.9. The molecular weight excluding hydrogens is 501 g/mol. The molecule has 0 unspecified atom stereocenters. The van der Waals surface area contributed by atoms with E-state index in [2.05, 4.69) is 10.3 Å². The van der Waals surface area contributed by atoms with Gasteiger partial charge in [-0.3, -0.25) is 19.9 Å². The smallest absolute Gasteiger partial charge is 0.311 e. The van der Waals surface area contributed by atoms with Crippen molar-refractivity contribution in [3.8, 4) is 5.75 Å². The number of hydrogen-bond donors (Lipinski definition) is 2. The number of hydrogen-bond acceptors (Lipinski definition) is 5. The zero-order valence-electron chi connectivity index (χ0n) is 18.7. The number of nitrogens with one attached hydrogen (secondary N) is 1. The molecule has 1 amide bonds. The molecule has 0 heterocycles. The van der Waals surface area contributed by atoms with Gasteiger partial charge in [0.05, 0.1) is 10.6 Å². The van der Waals surface area contributed by atoms with Gasteiger partial charge in [0.15, 0.2) is 0 Å². The van der Waals surface area contributed by atoms with Crippen LogP contribution in [0.15, 0.2) is 89.9 Å². The zero-order chi connectivity index (χ0) is 25.7. The summed E-state index contributed by atoms with van der Waals surface area (Å²) in [5.41, 5.74) is 2.70. The number of carbonyl (C=O) groups excluding carboxylic acids is 1. The molecular formula is C27H19Cl2N3O4. The predicted molar refractivity (Wildman–Crippen MR) is 142 cm³/mol. The fraction of sp³-hybridized carbons (Fsp3) is 0.0370. The van der Waals surface area contributed by atoms with E-state index in [1.165, 1.54) is 12.3 Å². The van der Waals surface area contributed by atoms with E-state index in [1.54, 1.807) is 66.7 Å². The second kappa shape index (κ2) is 11.0. The number of phenols is 1. The SMILES string of the molecule is O=C(Nc1ccc(N=Cc2cc(Cc3ccccc3Cl)cc([N+](=O)[O-])c2O)cc1)c1cccc(Cl)c1. The number of aromatic hydroxyl groups is 1. The number of benzene rings is 4. The predicted octanol–water partition coefficient (Wildman–Crippen LogP) is 7.20. The van der Waals surface area contributed by atoms with Crippen LogP contribution in [0.2, 0.25) is 10.0 Å². The summed E-state index contributed by atoms with van der Waals surface area (Å²) in [6.45, 7) is 0. The van der Waals surface area contributed by atoms with E-state index in [-0.39, 0.29) is 11.5 Å². The summed E-state index contributed by atoms with van der Waals surface area (Å²) >= 11 is 12.2. The van der Waals surface area contributed by atoms with E-state index in [9.17, 15) is 20.0 Å². The Morgan fingerprint density at radius 2 is 1.75 bits per heavy atom. The van der Waals surface area contributed by atoms with Crippen molar-refractivity contribution in [1.82, 2.24) is 0 Å². The third-order valence-corrected chi connectivity index (χ3v) is 5.90. The minimum Gasteiger partial charge on any atom is -0.502 e. The molecule has 4 aromatic rings. The molecule has 2 N–H and O–H groups in total. The summed E-state index contributed by atoms with van der Waals surface area (Å²) in [4.78, 5) is 27.6. The Morgan fingerprint density at radius 1 is 1.00 bits per heavy atom. The molecule has 0 aliphatic heterocycles.